The Balaban J connectivity index is 5.03. The van der Waals surface area contributed by atoms with Gasteiger partial charge < -0.3 is 4.90 Å². The second kappa shape index (κ2) is 16.3. The lowest BCUT2D eigenvalue weighted by molar-refractivity contribution is -0.879. The normalized spacial score (nSPS) is 15.6. The van der Waals surface area contributed by atoms with Gasteiger partial charge in [0.2, 0.25) is 0 Å². The number of nitrogens with one attached hydrogen (secondary N) is 2. The summed E-state index contributed by atoms with van der Waals surface area (Å²) in [5, 5.41) is -6.48. The lowest BCUT2D eigenvalue weighted by Crippen LogP contribution is -3.09. The van der Waals surface area contributed by atoms with Gasteiger partial charge in [-0.05, 0) is 12.8 Å². The maximum atomic E-state index is 13.9. The van der Waals surface area contributed by atoms with Crippen LogP contribution in [0.3, 0.4) is 0 Å². The molecule has 0 amide bonds. The predicted molar refractivity (Wildman–Crippen MR) is 129 cm³/mol. The lowest BCUT2D eigenvalue weighted by Gasteiger charge is -2.42. The van der Waals surface area contributed by atoms with Gasteiger partial charge in [0, 0.05) is 24.9 Å². The maximum Gasteiger partial charge on any atom is 0.460 e. The zero-order chi connectivity index (χ0) is 34.9. The van der Waals surface area contributed by atoms with Crippen molar-refractivity contribution in [2.75, 3.05) is 26.7 Å². The van der Waals surface area contributed by atoms with Crippen molar-refractivity contribution in [3.05, 3.63) is 0 Å². The van der Waals surface area contributed by atoms with E-state index in [1.165, 1.54) is 24.0 Å². The largest absolute Gasteiger partial charge is 0.460 e. The number of halogens is 17. The molecule has 0 radical (unpaired) electrons. The van der Waals surface area contributed by atoms with Gasteiger partial charge in [0.1, 0.15) is 0 Å². The SMILES string of the molecule is CCCCCCCCCCCC[NH+](C)CCCNSC(F)(F)C(F)(F)C(F)(F)C(F)(F)C(F)(F)C(F)(F)C(F)(F)C(F)(F)F. The highest BCUT2D eigenvalue weighted by Gasteiger charge is 2.95. The van der Waals surface area contributed by atoms with Crippen molar-refractivity contribution in [2.24, 2.45) is 0 Å². The summed E-state index contributed by atoms with van der Waals surface area (Å²) in [6.07, 6.45) is 2.84. The van der Waals surface area contributed by atoms with E-state index in [0.29, 0.717) is 6.54 Å². The van der Waals surface area contributed by atoms with Crippen LogP contribution in [0.15, 0.2) is 0 Å². The molecule has 266 valence electrons. The maximum absolute atomic E-state index is 13.9. The van der Waals surface area contributed by atoms with Crippen molar-refractivity contribution >= 4 is 11.9 Å². The molecule has 0 rings (SSSR count). The van der Waals surface area contributed by atoms with Crippen molar-refractivity contribution < 1.29 is 79.5 Å². The molecule has 44 heavy (non-hydrogen) atoms. The van der Waals surface area contributed by atoms with Crippen LogP contribution in [-0.4, -0.2) is 73.6 Å². The van der Waals surface area contributed by atoms with Crippen LogP contribution in [0, 0.1) is 0 Å². The fourth-order valence-corrected chi connectivity index (χ4v) is 4.54. The zero-order valence-corrected chi connectivity index (χ0v) is 24.5. The Bertz CT molecular complexity index is 834. The van der Waals surface area contributed by atoms with E-state index in [4.69, 9.17) is 0 Å². The second-order valence-electron chi connectivity index (χ2n) is 10.4. The van der Waals surface area contributed by atoms with E-state index >= 15 is 0 Å². The first-order chi connectivity index (χ1) is 19.7. The summed E-state index contributed by atoms with van der Waals surface area (Å²) in [6.45, 7) is 2.30. The molecule has 2 N–H and O–H groups in total. The Kier molecular flexibility index (Phi) is 15.9. The van der Waals surface area contributed by atoms with E-state index in [1.807, 2.05) is 0 Å². The molecular weight excluding hydrogens is 671 g/mol. The van der Waals surface area contributed by atoms with Gasteiger partial charge in [-0.15, -0.1) is 0 Å². The summed E-state index contributed by atoms with van der Waals surface area (Å²) < 4.78 is 227. The number of unbranched alkanes of at least 4 members (excludes halogenated alkanes) is 9. The first-order valence-corrected chi connectivity index (χ1v) is 14.5. The highest BCUT2D eigenvalue weighted by Crippen LogP contribution is 2.64. The molecule has 2 nitrogen and oxygen atoms in total. The Morgan fingerprint density at radius 3 is 1.20 bits per heavy atom. The average molecular weight is 708 g/mol. The molecule has 0 aliphatic heterocycles. The summed E-state index contributed by atoms with van der Waals surface area (Å²) in [7, 11) is 1.69. The van der Waals surface area contributed by atoms with Crippen molar-refractivity contribution in [2.45, 2.75) is 125 Å². The van der Waals surface area contributed by atoms with Crippen molar-refractivity contribution in [1.82, 2.24) is 4.72 Å². The molecule has 0 saturated carbocycles. The fraction of sp³-hybridized carbons (Fsp3) is 1.00. The van der Waals surface area contributed by atoms with E-state index in [-0.39, 0.29) is 13.0 Å². The average Bonchev–Trinajstić information content (AvgIpc) is 2.88. The fourth-order valence-electron chi connectivity index (χ4n) is 3.86. The van der Waals surface area contributed by atoms with Crippen LogP contribution in [0.4, 0.5) is 74.6 Å². The highest BCUT2D eigenvalue weighted by atomic mass is 32.2. The van der Waals surface area contributed by atoms with E-state index in [1.54, 1.807) is 7.05 Å². The summed E-state index contributed by atoms with van der Waals surface area (Å²) in [5.74, 6) is -49.8. The smallest absolute Gasteiger partial charge is 0.337 e. The van der Waals surface area contributed by atoms with E-state index in [2.05, 4.69) is 6.92 Å². The van der Waals surface area contributed by atoms with Crippen LogP contribution in [0.2, 0.25) is 0 Å². The zero-order valence-electron chi connectivity index (χ0n) is 23.7. The Hall–Kier alpha value is -0.920. The quantitative estimate of drug-likeness (QED) is 0.0627. The van der Waals surface area contributed by atoms with E-state index < -0.39 is 65.5 Å². The summed E-state index contributed by atoms with van der Waals surface area (Å²) in [4.78, 5) is 0.846. The molecule has 0 aromatic carbocycles. The number of hydrogen-bond acceptors (Lipinski definition) is 2. The van der Waals surface area contributed by atoms with Gasteiger partial charge in [-0.3, -0.25) is 4.72 Å². The highest BCUT2D eigenvalue weighted by molar-refractivity contribution is 7.98. The summed E-state index contributed by atoms with van der Waals surface area (Å²) in [6, 6.07) is 0. The number of alkyl halides is 17. The predicted octanol–water partition coefficient (Wildman–Crippen LogP) is 9.02. The van der Waals surface area contributed by atoms with E-state index in [9.17, 15) is 74.6 Å². The molecule has 0 bridgehead atoms. The molecule has 0 aliphatic carbocycles. The number of rotatable bonds is 23. The molecule has 1 atom stereocenters. The van der Waals surface area contributed by atoms with Gasteiger partial charge in [-0.1, -0.05) is 58.3 Å². The molecule has 0 aromatic rings. The molecule has 0 aliphatic rings. The van der Waals surface area contributed by atoms with Gasteiger partial charge in [0.25, 0.3) is 0 Å². The van der Waals surface area contributed by atoms with Gasteiger partial charge in [0.15, 0.2) is 0 Å². The van der Waals surface area contributed by atoms with Crippen LogP contribution >= 0.6 is 11.9 Å². The lowest BCUT2D eigenvalue weighted by atomic mass is 9.91. The molecule has 0 aromatic heterocycles. The summed E-state index contributed by atoms with van der Waals surface area (Å²) >= 11 is -1.67. The number of hydrogen-bond donors (Lipinski definition) is 2. The Morgan fingerprint density at radius 1 is 0.455 bits per heavy atom. The van der Waals surface area contributed by atoms with E-state index in [0.717, 1.165) is 49.8 Å². The second-order valence-corrected chi connectivity index (χ2v) is 11.5. The van der Waals surface area contributed by atoms with Crippen molar-refractivity contribution in [3.63, 3.8) is 0 Å². The standard InChI is InChI=1S/C24H35F17N2S/c1-3-4-5-6-7-8-9-10-11-12-15-43(2)16-13-14-42-44-24(40,41)22(35,36)20(31,32)18(27,28)17(25,26)19(29,30)21(33,34)23(37,38)39/h42H,3-16H2,1-2H3/p+1. The minimum atomic E-state index is -8.61. The van der Waals surface area contributed by atoms with Crippen molar-refractivity contribution in [1.29, 1.82) is 0 Å². The van der Waals surface area contributed by atoms with Gasteiger partial charge in [-0.25, -0.2) is 0 Å². The third-order valence-electron chi connectivity index (χ3n) is 6.73. The van der Waals surface area contributed by atoms with Crippen LogP contribution in [0.5, 0.6) is 0 Å². The first kappa shape index (κ1) is 43.1. The van der Waals surface area contributed by atoms with Gasteiger partial charge in [0.05, 0.1) is 20.1 Å². The van der Waals surface area contributed by atoms with Crippen molar-refractivity contribution in [3.8, 4) is 0 Å². The topological polar surface area (TPSA) is 16.5 Å². The first-order valence-electron chi connectivity index (χ1n) is 13.6. The molecule has 0 saturated heterocycles. The van der Waals surface area contributed by atoms with Crippen LogP contribution in [-0.2, 0) is 0 Å². The molecule has 0 heterocycles. The molecule has 0 fully saturated rings. The Morgan fingerprint density at radius 2 is 0.795 bits per heavy atom. The van der Waals surface area contributed by atoms with Crippen LogP contribution in [0.25, 0.3) is 0 Å². The third-order valence-corrected chi connectivity index (χ3v) is 7.59. The van der Waals surface area contributed by atoms with Crippen LogP contribution in [0.1, 0.15) is 77.6 Å². The summed E-state index contributed by atoms with van der Waals surface area (Å²) in [5.41, 5.74) is 0. The van der Waals surface area contributed by atoms with Gasteiger partial charge >= 0.3 is 47.0 Å². The third kappa shape index (κ3) is 9.56. The number of quaternary nitrogens is 1. The molecule has 20 heteroatoms. The minimum Gasteiger partial charge on any atom is -0.337 e. The Labute approximate surface area is 248 Å². The van der Waals surface area contributed by atoms with Crippen LogP contribution < -0.4 is 9.62 Å². The minimum absolute atomic E-state index is 0.0817. The monoisotopic (exact) mass is 707 g/mol. The van der Waals surface area contributed by atoms with Gasteiger partial charge in [-0.2, -0.15) is 74.6 Å². The molecule has 0 spiro atoms. The molecular formula is C24H36F17N2S+. The molecule has 1 unspecified atom stereocenters.